The van der Waals surface area contributed by atoms with Gasteiger partial charge >= 0.3 is 0 Å². The topological polar surface area (TPSA) is 105 Å². The van der Waals surface area contributed by atoms with E-state index in [1.54, 1.807) is 6.07 Å². The number of anilines is 1. The molecule has 32 heavy (non-hydrogen) atoms. The molecular weight excluding hydrogens is 448 g/mol. The Morgan fingerprint density at radius 2 is 1.97 bits per heavy atom. The molecule has 1 saturated heterocycles. The summed E-state index contributed by atoms with van der Waals surface area (Å²) >= 11 is 1.33. The van der Waals surface area contributed by atoms with Crippen LogP contribution in [0.1, 0.15) is 12.8 Å². The van der Waals surface area contributed by atoms with E-state index in [0.717, 1.165) is 11.0 Å². The number of aromatic nitrogens is 2. The number of hydrogen-bond donors (Lipinski definition) is 1. The fraction of sp³-hybridized carbons (Fsp3) is 0.227. The van der Waals surface area contributed by atoms with E-state index in [9.17, 15) is 13.2 Å². The molecule has 1 fully saturated rings. The summed E-state index contributed by atoms with van der Waals surface area (Å²) < 4.78 is 32.7. The number of para-hydroxylation sites is 1. The number of fused-ring (bicyclic) bond motifs is 1. The van der Waals surface area contributed by atoms with Crippen molar-refractivity contribution in [1.82, 2.24) is 14.3 Å². The van der Waals surface area contributed by atoms with Gasteiger partial charge in [-0.15, -0.1) is 11.3 Å². The maximum Gasteiger partial charge on any atom is 0.244 e. The first-order chi connectivity index (χ1) is 15.5. The van der Waals surface area contributed by atoms with Gasteiger partial charge in [0.05, 0.1) is 0 Å². The van der Waals surface area contributed by atoms with E-state index in [1.165, 1.54) is 34.1 Å². The fourth-order valence-corrected chi connectivity index (χ4v) is 5.90. The zero-order valence-corrected chi connectivity index (χ0v) is 18.6. The SMILES string of the molecule is O=C(Nc1nc(-c2cc3ccccc3o2)cs1)C1CCN(S(=O)(=O)c2cccnc2)CC1. The zero-order chi connectivity index (χ0) is 22.1. The predicted molar refractivity (Wildman–Crippen MR) is 122 cm³/mol. The van der Waals surface area contributed by atoms with Crippen LogP contribution in [0.25, 0.3) is 22.4 Å². The van der Waals surface area contributed by atoms with Gasteiger partial charge in [-0.05, 0) is 37.1 Å². The van der Waals surface area contributed by atoms with Crippen molar-refractivity contribution in [2.75, 3.05) is 18.4 Å². The number of rotatable bonds is 5. The minimum absolute atomic E-state index is 0.145. The van der Waals surface area contributed by atoms with Crippen molar-refractivity contribution in [2.45, 2.75) is 17.7 Å². The highest BCUT2D eigenvalue weighted by Crippen LogP contribution is 2.31. The number of piperidine rings is 1. The van der Waals surface area contributed by atoms with Crippen LogP contribution in [0.4, 0.5) is 5.13 Å². The molecule has 4 aromatic rings. The fourth-order valence-electron chi connectivity index (χ4n) is 3.77. The molecule has 0 spiro atoms. The van der Waals surface area contributed by atoms with Crippen LogP contribution >= 0.6 is 11.3 Å². The van der Waals surface area contributed by atoms with E-state index in [-0.39, 0.29) is 29.8 Å². The van der Waals surface area contributed by atoms with Crippen molar-refractivity contribution in [3.05, 3.63) is 60.2 Å². The van der Waals surface area contributed by atoms with Crippen molar-refractivity contribution in [3.8, 4) is 11.5 Å². The van der Waals surface area contributed by atoms with Gasteiger partial charge < -0.3 is 9.73 Å². The molecule has 1 aromatic carbocycles. The highest BCUT2D eigenvalue weighted by molar-refractivity contribution is 7.89. The molecule has 0 aliphatic carbocycles. The second-order valence-electron chi connectivity index (χ2n) is 7.54. The Balaban J connectivity index is 1.21. The van der Waals surface area contributed by atoms with Gasteiger partial charge in [0.15, 0.2) is 10.9 Å². The van der Waals surface area contributed by atoms with Gasteiger partial charge in [0.2, 0.25) is 15.9 Å². The lowest BCUT2D eigenvalue weighted by molar-refractivity contribution is -0.120. The van der Waals surface area contributed by atoms with Gasteiger partial charge in [-0.2, -0.15) is 4.31 Å². The summed E-state index contributed by atoms with van der Waals surface area (Å²) in [5.74, 6) is 0.236. The van der Waals surface area contributed by atoms with Crippen LogP contribution in [0.2, 0.25) is 0 Å². The maximum atomic E-state index is 12.7. The smallest absolute Gasteiger partial charge is 0.244 e. The van der Waals surface area contributed by atoms with Crippen molar-refractivity contribution < 1.29 is 17.6 Å². The van der Waals surface area contributed by atoms with Crippen LogP contribution in [0.3, 0.4) is 0 Å². The van der Waals surface area contributed by atoms with Crippen LogP contribution in [-0.4, -0.2) is 41.7 Å². The summed E-state index contributed by atoms with van der Waals surface area (Å²) in [6.45, 7) is 0.578. The number of carbonyl (C=O) groups is 1. The average molecular weight is 469 g/mol. The van der Waals surface area contributed by atoms with E-state index in [2.05, 4.69) is 15.3 Å². The minimum atomic E-state index is -3.59. The largest absolute Gasteiger partial charge is 0.454 e. The zero-order valence-electron chi connectivity index (χ0n) is 17.0. The van der Waals surface area contributed by atoms with Gasteiger partial charge in [-0.1, -0.05) is 18.2 Å². The second kappa shape index (κ2) is 8.45. The number of benzene rings is 1. The van der Waals surface area contributed by atoms with Gasteiger partial charge in [-0.3, -0.25) is 9.78 Å². The molecule has 1 N–H and O–H groups in total. The first-order valence-electron chi connectivity index (χ1n) is 10.2. The number of nitrogens with zero attached hydrogens (tertiary/aromatic N) is 3. The number of carbonyl (C=O) groups excluding carboxylic acids is 1. The van der Waals surface area contributed by atoms with Crippen LogP contribution in [0.15, 0.2) is 69.6 Å². The molecule has 1 aliphatic heterocycles. The Kier molecular flexibility index (Phi) is 5.50. The van der Waals surface area contributed by atoms with Gasteiger partial charge in [0, 0.05) is 42.2 Å². The van der Waals surface area contributed by atoms with E-state index < -0.39 is 10.0 Å². The van der Waals surface area contributed by atoms with E-state index in [0.29, 0.717) is 29.4 Å². The molecule has 5 rings (SSSR count). The molecule has 4 heterocycles. The van der Waals surface area contributed by atoms with Crippen molar-refractivity contribution >= 4 is 43.4 Å². The molecule has 1 aliphatic rings. The quantitative estimate of drug-likeness (QED) is 0.475. The Morgan fingerprint density at radius 3 is 2.72 bits per heavy atom. The minimum Gasteiger partial charge on any atom is -0.454 e. The van der Waals surface area contributed by atoms with Gasteiger partial charge in [0.25, 0.3) is 0 Å². The lowest BCUT2D eigenvalue weighted by Crippen LogP contribution is -2.41. The standard InChI is InChI=1S/C22H20N4O4S2/c27-21(15-7-10-26(11-8-15)32(28,29)17-5-3-9-23-13-17)25-22-24-18(14-31-22)20-12-16-4-1-2-6-19(16)30-20/h1-6,9,12-15H,7-8,10-11H2,(H,24,25,27). The molecule has 10 heteroatoms. The number of sulfonamides is 1. The molecule has 1 amide bonds. The molecule has 0 saturated carbocycles. The molecule has 0 unspecified atom stereocenters. The summed E-state index contributed by atoms with van der Waals surface area (Å²) in [7, 11) is -3.59. The lowest BCUT2D eigenvalue weighted by atomic mass is 9.97. The Morgan fingerprint density at radius 1 is 1.16 bits per heavy atom. The third kappa shape index (κ3) is 4.04. The molecule has 0 bridgehead atoms. The maximum absolute atomic E-state index is 12.7. The number of furan rings is 1. The molecule has 0 radical (unpaired) electrons. The summed E-state index contributed by atoms with van der Waals surface area (Å²) in [4.78, 5) is 21.3. The number of nitrogens with one attached hydrogen (secondary N) is 1. The molecule has 0 atom stereocenters. The third-order valence-electron chi connectivity index (χ3n) is 5.51. The third-order valence-corrected chi connectivity index (χ3v) is 8.15. The normalized spacial score (nSPS) is 15.8. The summed E-state index contributed by atoms with van der Waals surface area (Å²) in [5.41, 5.74) is 1.45. The Hall–Kier alpha value is -3.08. The van der Waals surface area contributed by atoms with Crippen LogP contribution in [0.5, 0.6) is 0 Å². The highest BCUT2D eigenvalue weighted by Gasteiger charge is 2.32. The van der Waals surface area contributed by atoms with Crippen LogP contribution < -0.4 is 5.32 Å². The number of pyridine rings is 1. The van der Waals surface area contributed by atoms with E-state index in [1.807, 2.05) is 35.7 Å². The predicted octanol–water partition coefficient (Wildman–Crippen LogP) is 3.99. The van der Waals surface area contributed by atoms with Crippen molar-refractivity contribution in [2.24, 2.45) is 5.92 Å². The molecule has 8 nitrogen and oxygen atoms in total. The van der Waals surface area contributed by atoms with Crippen LogP contribution in [-0.2, 0) is 14.8 Å². The molecular formula is C22H20N4O4S2. The van der Waals surface area contributed by atoms with Crippen molar-refractivity contribution in [1.29, 1.82) is 0 Å². The van der Waals surface area contributed by atoms with Crippen LogP contribution in [0, 0.1) is 5.92 Å². The molecule has 3 aromatic heterocycles. The number of hydrogen-bond acceptors (Lipinski definition) is 7. The summed E-state index contributed by atoms with van der Waals surface area (Å²) in [6, 6.07) is 12.8. The second-order valence-corrected chi connectivity index (χ2v) is 10.3. The first-order valence-corrected chi connectivity index (χ1v) is 12.5. The average Bonchev–Trinajstić information content (AvgIpc) is 3.46. The van der Waals surface area contributed by atoms with Gasteiger partial charge in [0.1, 0.15) is 16.2 Å². The van der Waals surface area contributed by atoms with Gasteiger partial charge in [-0.25, -0.2) is 13.4 Å². The number of thiazole rings is 1. The first kappa shape index (κ1) is 20.8. The van der Waals surface area contributed by atoms with E-state index >= 15 is 0 Å². The lowest BCUT2D eigenvalue weighted by Gasteiger charge is -2.30. The van der Waals surface area contributed by atoms with Crippen molar-refractivity contribution in [3.63, 3.8) is 0 Å². The van der Waals surface area contributed by atoms with E-state index in [4.69, 9.17) is 4.42 Å². The summed E-state index contributed by atoms with van der Waals surface area (Å²) in [5, 5.41) is 6.20. The summed E-state index contributed by atoms with van der Waals surface area (Å²) in [6.07, 6.45) is 3.78. The molecule has 164 valence electrons. The highest BCUT2D eigenvalue weighted by atomic mass is 32.2. The Labute approximate surface area is 189 Å². The number of amides is 1. The monoisotopic (exact) mass is 468 g/mol. The Bertz CT molecular complexity index is 1320.